The summed E-state index contributed by atoms with van der Waals surface area (Å²) in [7, 11) is 0. The van der Waals surface area contributed by atoms with Crippen LogP contribution in [-0.2, 0) is 11.2 Å². The van der Waals surface area contributed by atoms with Crippen molar-refractivity contribution < 1.29 is 9.90 Å². The van der Waals surface area contributed by atoms with E-state index < -0.39 is 11.2 Å². The SMILES string of the molecule is Cc1ccc(S[C@@H](Cc2ccc(I)cc2)C(=O)O)cc1. The summed E-state index contributed by atoms with van der Waals surface area (Å²) in [6.07, 6.45) is 0.533. The predicted molar refractivity (Wildman–Crippen MR) is 91.3 cm³/mol. The number of hydrogen-bond donors (Lipinski definition) is 1. The minimum atomic E-state index is -0.769. The summed E-state index contributed by atoms with van der Waals surface area (Å²) in [5, 5.41) is 8.92. The Bertz CT molecular complexity index is 531. The van der Waals surface area contributed by atoms with Crippen LogP contribution in [0.25, 0.3) is 0 Å². The molecule has 1 atom stereocenters. The summed E-state index contributed by atoms with van der Waals surface area (Å²) < 4.78 is 1.16. The van der Waals surface area contributed by atoms with Gasteiger partial charge in [-0.05, 0) is 65.8 Å². The number of benzene rings is 2. The van der Waals surface area contributed by atoms with Crippen LogP contribution in [0, 0.1) is 10.5 Å². The van der Waals surface area contributed by atoms with Gasteiger partial charge in [-0.2, -0.15) is 0 Å². The van der Waals surface area contributed by atoms with Crippen molar-refractivity contribution in [3.05, 3.63) is 63.2 Å². The molecule has 0 amide bonds. The van der Waals surface area contributed by atoms with Crippen molar-refractivity contribution in [3.63, 3.8) is 0 Å². The molecule has 0 bridgehead atoms. The predicted octanol–water partition coefficient (Wildman–Crippen LogP) is 4.39. The van der Waals surface area contributed by atoms with E-state index in [-0.39, 0.29) is 0 Å². The molecule has 0 saturated carbocycles. The average Bonchev–Trinajstić information content (AvgIpc) is 2.42. The van der Waals surface area contributed by atoms with Gasteiger partial charge in [-0.25, -0.2) is 0 Å². The highest BCUT2D eigenvalue weighted by Crippen LogP contribution is 2.26. The van der Waals surface area contributed by atoms with Crippen LogP contribution in [0.15, 0.2) is 53.4 Å². The van der Waals surface area contributed by atoms with E-state index in [2.05, 4.69) is 22.6 Å². The molecule has 0 aliphatic carbocycles. The van der Waals surface area contributed by atoms with Gasteiger partial charge in [-0.3, -0.25) is 4.79 Å². The first-order valence-electron chi connectivity index (χ1n) is 6.25. The van der Waals surface area contributed by atoms with E-state index in [4.69, 9.17) is 0 Å². The van der Waals surface area contributed by atoms with E-state index >= 15 is 0 Å². The number of aliphatic carboxylic acids is 1. The molecule has 2 nitrogen and oxygen atoms in total. The molecule has 0 aliphatic rings. The topological polar surface area (TPSA) is 37.3 Å². The highest BCUT2D eigenvalue weighted by atomic mass is 127. The van der Waals surface area contributed by atoms with Gasteiger partial charge in [0.05, 0.1) is 0 Å². The smallest absolute Gasteiger partial charge is 0.317 e. The first kappa shape index (κ1) is 15.4. The van der Waals surface area contributed by atoms with Crippen LogP contribution >= 0.6 is 34.4 Å². The minimum absolute atomic E-state index is 0.460. The molecule has 0 spiro atoms. The standard InChI is InChI=1S/C16H15IO2S/c1-11-2-8-14(9-3-11)20-15(16(18)19)10-12-4-6-13(17)7-5-12/h2-9,15H,10H2,1H3,(H,18,19)/t15-/m0/s1. The van der Waals surface area contributed by atoms with Gasteiger partial charge in [-0.15, -0.1) is 11.8 Å². The van der Waals surface area contributed by atoms with Crippen LogP contribution in [-0.4, -0.2) is 16.3 Å². The molecule has 0 heterocycles. The fourth-order valence-electron chi connectivity index (χ4n) is 1.80. The lowest BCUT2D eigenvalue weighted by molar-refractivity contribution is -0.136. The fraction of sp³-hybridized carbons (Fsp3) is 0.188. The molecule has 0 aliphatic heterocycles. The van der Waals surface area contributed by atoms with Crippen LogP contribution in [0.1, 0.15) is 11.1 Å². The first-order chi connectivity index (χ1) is 9.54. The lowest BCUT2D eigenvalue weighted by Crippen LogP contribution is -2.19. The van der Waals surface area contributed by atoms with Crippen LogP contribution in [0.4, 0.5) is 0 Å². The van der Waals surface area contributed by atoms with Gasteiger partial charge >= 0.3 is 5.97 Å². The number of carboxylic acids is 1. The molecule has 0 saturated heterocycles. The summed E-state index contributed by atoms with van der Waals surface area (Å²) in [6, 6.07) is 16.0. The molecule has 1 N–H and O–H groups in total. The van der Waals surface area contributed by atoms with Gasteiger partial charge in [0, 0.05) is 8.47 Å². The Kier molecular flexibility index (Phi) is 5.48. The summed E-state index contributed by atoms with van der Waals surface area (Å²) in [5.41, 5.74) is 2.23. The van der Waals surface area contributed by atoms with Gasteiger partial charge in [0.15, 0.2) is 0 Å². The third kappa shape index (κ3) is 4.52. The maximum absolute atomic E-state index is 11.4. The largest absolute Gasteiger partial charge is 0.480 e. The van der Waals surface area contributed by atoms with Crippen molar-refractivity contribution >= 4 is 40.3 Å². The molecule has 0 unspecified atom stereocenters. The van der Waals surface area contributed by atoms with E-state index in [1.54, 1.807) is 0 Å². The summed E-state index contributed by atoms with van der Waals surface area (Å²) in [5.74, 6) is -0.769. The highest BCUT2D eigenvalue weighted by Gasteiger charge is 2.19. The molecule has 0 aromatic heterocycles. The van der Waals surface area contributed by atoms with Gasteiger partial charge in [0.2, 0.25) is 0 Å². The maximum Gasteiger partial charge on any atom is 0.317 e. The van der Waals surface area contributed by atoms with Crippen molar-refractivity contribution in [2.75, 3.05) is 0 Å². The molecule has 4 heteroatoms. The van der Waals surface area contributed by atoms with E-state index in [1.807, 2.05) is 55.5 Å². The zero-order valence-electron chi connectivity index (χ0n) is 11.0. The quantitative estimate of drug-likeness (QED) is 0.600. The van der Waals surface area contributed by atoms with Crippen LogP contribution in [0.3, 0.4) is 0 Å². The average molecular weight is 398 g/mol. The number of thioether (sulfide) groups is 1. The molecule has 2 rings (SSSR count). The number of rotatable bonds is 5. The summed E-state index contributed by atoms with van der Waals surface area (Å²) >= 11 is 3.65. The molecule has 2 aromatic rings. The van der Waals surface area contributed by atoms with Gasteiger partial charge in [0.25, 0.3) is 0 Å². The van der Waals surface area contributed by atoms with Crippen LogP contribution in [0.2, 0.25) is 0 Å². The van der Waals surface area contributed by atoms with Crippen molar-refractivity contribution in [1.29, 1.82) is 0 Å². The van der Waals surface area contributed by atoms with Gasteiger partial charge < -0.3 is 5.11 Å². The van der Waals surface area contributed by atoms with E-state index in [0.29, 0.717) is 6.42 Å². The lowest BCUT2D eigenvalue weighted by atomic mass is 10.1. The van der Waals surface area contributed by atoms with Gasteiger partial charge in [0.1, 0.15) is 5.25 Å². The summed E-state index contributed by atoms with van der Waals surface area (Å²) in [6.45, 7) is 2.02. The van der Waals surface area contributed by atoms with Crippen LogP contribution in [0.5, 0.6) is 0 Å². The number of halogens is 1. The maximum atomic E-state index is 11.4. The molecule has 20 heavy (non-hydrogen) atoms. The zero-order chi connectivity index (χ0) is 14.5. The second-order valence-corrected chi connectivity index (χ2v) is 7.11. The van der Waals surface area contributed by atoms with Crippen molar-refractivity contribution in [1.82, 2.24) is 0 Å². The first-order valence-corrected chi connectivity index (χ1v) is 8.21. The number of carbonyl (C=O) groups is 1. The van der Waals surface area contributed by atoms with E-state index in [0.717, 1.165) is 14.0 Å². The lowest BCUT2D eigenvalue weighted by Gasteiger charge is -2.12. The minimum Gasteiger partial charge on any atom is -0.480 e. The third-order valence-corrected chi connectivity index (χ3v) is 4.83. The molecule has 0 radical (unpaired) electrons. The Morgan fingerprint density at radius 2 is 1.75 bits per heavy atom. The molecular weight excluding hydrogens is 383 g/mol. The Morgan fingerprint density at radius 1 is 1.15 bits per heavy atom. The monoisotopic (exact) mass is 398 g/mol. The van der Waals surface area contributed by atoms with Crippen molar-refractivity contribution in [2.24, 2.45) is 0 Å². The molecule has 0 fully saturated rings. The second-order valence-electron chi connectivity index (χ2n) is 4.59. The fourth-order valence-corrected chi connectivity index (χ4v) is 3.15. The molecular formula is C16H15IO2S. The second kappa shape index (κ2) is 7.13. The van der Waals surface area contributed by atoms with E-state index in [9.17, 15) is 9.90 Å². The number of hydrogen-bond acceptors (Lipinski definition) is 2. The van der Waals surface area contributed by atoms with Crippen LogP contribution < -0.4 is 0 Å². The van der Waals surface area contributed by atoms with Crippen molar-refractivity contribution in [3.8, 4) is 0 Å². The highest BCUT2D eigenvalue weighted by molar-refractivity contribution is 14.1. The Balaban J connectivity index is 2.09. The Morgan fingerprint density at radius 3 is 2.30 bits per heavy atom. The zero-order valence-corrected chi connectivity index (χ0v) is 14.0. The molecule has 2 aromatic carbocycles. The van der Waals surface area contributed by atoms with Crippen molar-refractivity contribution in [2.45, 2.75) is 23.5 Å². The number of aryl methyl sites for hydroxylation is 1. The van der Waals surface area contributed by atoms with Gasteiger partial charge in [-0.1, -0.05) is 29.8 Å². The normalized spacial score (nSPS) is 12.1. The summed E-state index contributed by atoms with van der Waals surface area (Å²) in [4.78, 5) is 12.4. The molecule has 104 valence electrons. The Hall–Kier alpha value is -1.01. The third-order valence-electron chi connectivity index (χ3n) is 2.91. The number of carboxylic acid groups (broad SMARTS) is 1. The van der Waals surface area contributed by atoms with E-state index in [1.165, 1.54) is 17.3 Å². The Labute approximate surface area is 136 Å².